The van der Waals surface area contributed by atoms with E-state index in [0.717, 1.165) is 0 Å². The molecule has 0 saturated carbocycles. The van der Waals surface area contributed by atoms with E-state index in [2.05, 4.69) is 15.3 Å². The molecule has 0 aromatic carbocycles. The lowest BCUT2D eigenvalue weighted by Crippen LogP contribution is -2.14. The van der Waals surface area contributed by atoms with Crippen LogP contribution in [-0.2, 0) is 4.79 Å². The third-order valence-electron chi connectivity index (χ3n) is 1.17. The van der Waals surface area contributed by atoms with Crippen LogP contribution in [-0.4, -0.2) is 18.5 Å². The monoisotopic (exact) mass is 126 g/mol. The van der Waals surface area contributed by atoms with Crippen LogP contribution in [0.15, 0.2) is 5.11 Å². The molecule has 0 bridgehead atoms. The van der Waals surface area contributed by atoms with Gasteiger partial charge in [-0.2, -0.15) is 0 Å². The first kappa shape index (κ1) is 5.91. The van der Waals surface area contributed by atoms with Crippen LogP contribution in [0.5, 0.6) is 0 Å². The van der Waals surface area contributed by atoms with E-state index in [1.165, 1.54) is 0 Å². The number of carbonyl (C=O) groups is 1. The van der Waals surface area contributed by atoms with Gasteiger partial charge < -0.3 is 5.32 Å². The van der Waals surface area contributed by atoms with Gasteiger partial charge in [0, 0.05) is 17.9 Å². The zero-order valence-corrected chi connectivity index (χ0v) is 4.74. The molecule has 1 rings (SSSR count). The zero-order valence-electron chi connectivity index (χ0n) is 4.74. The van der Waals surface area contributed by atoms with E-state index in [1.54, 1.807) is 0 Å². The normalized spacial score (nSPS) is 24.9. The topological polar surface area (TPSA) is 77.9 Å². The molecule has 1 heterocycles. The van der Waals surface area contributed by atoms with E-state index in [4.69, 9.17) is 5.53 Å². The Morgan fingerprint density at radius 1 is 1.89 bits per heavy atom. The molecular weight excluding hydrogens is 120 g/mol. The summed E-state index contributed by atoms with van der Waals surface area (Å²) in [5.74, 6) is -0.0348. The predicted octanol–water partition coefficient (Wildman–Crippen LogP) is 0.185. The van der Waals surface area contributed by atoms with Crippen LogP contribution >= 0.6 is 0 Å². The standard InChI is InChI=1S/C4H6N4O/c5-8-7-3-1-4(9)6-2-3/h3H,1-2H2,(H,6,9)/t3-/m0/s1. The SMILES string of the molecule is [N-]=[N+]=N[C@@H]1CNC(=O)C1. The summed E-state index contributed by atoms with van der Waals surface area (Å²) in [4.78, 5) is 13.0. The van der Waals surface area contributed by atoms with E-state index in [0.29, 0.717) is 13.0 Å². The van der Waals surface area contributed by atoms with Crippen molar-refractivity contribution < 1.29 is 4.79 Å². The van der Waals surface area contributed by atoms with Gasteiger partial charge in [-0.05, 0) is 5.53 Å². The van der Waals surface area contributed by atoms with Crippen molar-refractivity contribution in [1.82, 2.24) is 5.32 Å². The molecule has 1 amide bonds. The molecule has 1 aliphatic rings. The minimum absolute atomic E-state index is 0.0348. The molecule has 1 N–H and O–H groups in total. The van der Waals surface area contributed by atoms with Crippen LogP contribution in [0, 0.1) is 0 Å². The average molecular weight is 126 g/mol. The van der Waals surface area contributed by atoms with Gasteiger partial charge in [-0.3, -0.25) is 4.79 Å². The molecule has 1 saturated heterocycles. The number of carbonyl (C=O) groups excluding carboxylic acids is 1. The maximum atomic E-state index is 10.4. The van der Waals surface area contributed by atoms with Gasteiger partial charge in [0.2, 0.25) is 5.91 Å². The summed E-state index contributed by atoms with van der Waals surface area (Å²) in [5, 5.41) is 5.92. The zero-order chi connectivity index (χ0) is 6.69. The Bertz CT molecular complexity index is 171. The third-order valence-corrected chi connectivity index (χ3v) is 1.17. The summed E-state index contributed by atoms with van der Waals surface area (Å²) in [6.07, 6.45) is 0.337. The minimum Gasteiger partial charge on any atom is -0.356 e. The van der Waals surface area contributed by atoms with Crippen molar-refractivity contribution in [3.05, 3.63) is 10.4 Å². The van der Waals surface area contributed by atoms with Crippen LogP contribution in [0.4, 0.5) is 0 Å². The maximum absolute atomic E-state index is 10.4. The lowest BCUT2D eigenvalue weighted by Gasteiger charge is -1.90. The molecule has 0 aromatic heterocycles. The molecule has 1 fully saturated rings. The second-order valence-corrected chi connectivity index (χ2v) is 1.87. The molecule has 5 nitrogen and oxygen atoms in total. The fourth-order valence-electron chi connectivity index (χ4n) is 0.745. The van der Waals surface area contributed by atoms with Gasteiger partial charge in [-0.1, -0.05) is 5.11 Å². The number of hydrogen-bond acceptors (Lipinski definition) is 2. The van der Waals surface area contributed by atoms with Gasteiger partial charge in [0.1, 0.15) is 0 Å². The second kappa shape index (κ2) is 2.37. The summed E-state index contributed by atoms with van der Waals surface area (Å²) in [6.45, 7) is 0.489. The average Bonchev–Trinajstić information content (AvgIpc) is 2.17. The Labute approximate surface area is 51.7 Å². The Morgan fingerprint density at radius 2 is 2.67 bits per heavy atom. The summed E-state index contributed by atoms with van der Waals surface area (Å²) in [5.41, 5.74) is 7.93. The molecule has 1 atom stereocenters. The Balaban J connectivity index is 2.48. The van der Waals surface area contributed by atoms with Gasteiger partial charge in [-0.25, -0.2) is 0 Å². The summed E-state index contributed by atoms with van der Waals surface area (Å²) >= 11 is 0. The largest absolute Gasteiger partial charge is 0.356 e. The van der Waals surface area contributed by atoms with E-state index in [-0.39, 0.29) is 11.9 Å². The number of amides is 1. The van der Waals surface area contributed by atoms with Gasteiger partial charge in [-0.15, -0.1) is 0 Å². The van der Waals surface area contributed by atoms with E-state index in [9.17, 15) is 4.79 Å². The first-order valence-corrected chi connectivity index (χ1v) is 2.64. The minimum atomic E-state index is -0.164. The number of rotatable bonds is 1. The van der Waals surface area contributed by atoms with Gasteiger partial charge in [0.15, 0.2) is 0 Å². The number of hydrogen-bond donors (Lipinski definition) is 1. The van der Waals surface area contributed by atoms with Crippen LogP contribution in [0.2, 0.25) is 0 Å². The van der Waals surface area contributed by atoms with Gasteiger partial charge >= 0.3 is 0 Å². The molecule has 9 heavy (non-hydrogen) atoms. The van der Waals surface area contributed by atoms with Crippen molar-refractivity contribution in [1.29, 1.82) is 0 Å². The lowest BCUT2D eigenvalue weighted by molar-refractivity contribution is -0.119. The molecule has 48 valence electrons. The lowest BCUT2D eigenvalue weighted by atomic mass is 10.3. The summed E-state index contributed by atoms with van der Waals surface area (Å²) in [7, 11) is 0. The molecule has 0 spiro atoms. The van der Waals surface area contributed by atoms with Gasteiger partial charge in [0.05, 0.1) is 6.04 Å². The Hall–Kier alpha value is -1.22. The highest BCUT2D eigenvalue weighted by Crippen LogP contribution is 2.03. The highest BCUT2D eigenvalue weighted by molar-refractivity contribution is 5.78. The van der Waals surface area contributed by atoms with Crippen LogP contribution in [0.3, 0.4) is 0 Å². The van der Waals surface area contributed by atoms with Crippen LogP contribution < -0.4 is 5.32 Å². The van der Waals surface area contributed by atoms with Crippen molar-refractivity contribution in [3.8, 4) is 0 Å². The number of azide groups is 1. The Morgan fingerprint density at radius 3 is 3.11 bits per heavy atom. The van der Waals surface area contributed by atoms with Crippen molar-refractivity contribution in [2.45, 2.75) is 12.5 Å². The quantitative estimate of drug-likeness (QED) is 0.303. The summed E-state index contributed by atoms with van der Waals surface area (Å²) < 4.78 is 0. The van der Waals surface area contributed by atoms with E-state index in [1.807, 2.05) is 0 Å². The fourth-order valence-corrected chi connectivity index (χ4v) is 0.745. The Kier molecular flexibility index (Phi) is 1.55. The molecule has 1 aliphatic heterocycles. The van der Waals surface area contributed by atoms with Crippen LogP contribution in [0.25, 0.3) is 10.4 Å². The molecule has 0 aromatic rings. The highest BCUT2D eigenvalue weighted by Gasteiger charge is 2.19. The fraction of sp³-hybridized carbons (Fsp3) is 0.750. The maximum Gasteiger partial charge on any atom is 0.220 e. The van der Waals surface area contributed by atoms with Crippen molar-refractivity contribution in [2.24, 2.45) is 5.11 Å². The number of nitrogens with zero attached hydrogens (tertiary/aromatic N) is 3. The molecular formula is C4H6N4O. The first-order valence-electron chi connectivity index (χ1n) is 2.64. The first-order chi connectivity index (χ1) is 4.33. The predicted molar refractivity (Wildman–Crippen MR) is 30.6 cm³/mol. The third kappa shape index (κ3) is 1.33. The molecule has 0 radical (unpaired) electrons. The second-order valence-electron chi connectivity index (χ2n) is 1.87. The van der Waals surface area contributed by atoms with E-state index < -0.39 is 0 Å². The smallest absolute Gasteiger partial charge is 0.220 e. The van der Waals surface area contributed by atoms with Crippen molar-refractivity contribution in [2.75, 3.05) is 6.54 Å². The molecule has 0 unspecified atom stereocenters. The van der Waals surface area contributed by atoms with Crippen molar-refractivity contribution >= 4 is 5.91 Å². The molecule has 5 heteroatoms. The van der Waals surface area contributed by atoms with Crippen LogP contribution in [0.1, 0.15) is 6.42 Å². The van der Waals surface area contributed by atoms with Gasteiger partial charge in [0.25, 0.3) is 0 Å². The van der Waals surface area contributed by atoms with E-state index >= 15 is 0 Å². The number of nitrogens with one attached hydrogen (secondary N) is 1. The highest BCUT2D eigenvalue weighted by atomic mass is 16.1. The summed E-state index contributed by atoms with van der Waals surface area (Å²) in [6, 6.07) is -0.164. The van der Waals surface area contributed by atoms with Crippen molar-refractivity contribution in [3.63, 3.8) is 0 Å². The molecule has 0 aliphatic carbocycles.